The molecule has 4 aromatic rings. The molecule has 0 aliphatic carbocycles. The van der Waals surface area contributed by atoms with E-state index in [1.807, 2.05) is 30.3 Å². The zero-order valence-electron chi connectivity index (χ0n) is 16.4. The van der Waals surface area contributed by atoms with E-state index < -0.39 is 23.1 Å². The molecule has 0 saturated heterocycles. The highest BCUT2D eigenvalue weighted by molar-refractivity contribution is 7.15. The highest BCUT2D eigenvalue weighted by Crippen LogP contribution is 2.36. The van der Waals surface area contributed by atoms with E-state index in [2.05, 4.69) is 10.3 Å². The molecular formula is C23H17FN2O4S. The molecule has 8 heteroatoms. The Morgan fingerprint density at radius 1 is 1.13 bits per heavy atom. The summed E-state index contributed by atoms with van der Waals surface area (Å²) < 4.78 is 19.1. The van der Waals surface area contributed by atoms with Crippen LogP contribution in [0.3, 0.4) is 0 Å². The van der Waals surface area contributed by atoms with Crippen LogP contribution in [0.5, 0.6) is 0 Å². The number of amides is 1. The van der Waals surface area contributed by atoms with Gasteiger partial charge in [-0.1, -0.05) is 36.4 Å². The number of carbonyl (C=O) groups excluding carboxylic acids is 2. The smallest absolute Gasteiger partial charge is 0.341 e. The lowest BCUT2D eigenvalue weighted by atomic mass is 10.0. The van der Waals surface area contributed by atoms with Crippen LogP contribution in [-0.4, -0.2) is 23.5 Å². The largest absolute Gasteiger partial charge is 0.462 e. The molecular weight excluding hydrogens is 419 g/mol. The van der Waals surface area contributed by atoms with Gasteiger partial charge in [0.05, 0.1) is 12.1 Å². The summed E-state index contributed by atoms with van der Waals surface area (Å²) in [6.07, 6.45) is 1.17. The lowest BCUT2D eigenvalue weighted by Crippen LogP contribution is -2.22. The Bertz CT molecular complexity index is 1340. The standard InChI is InChI=1S/C23H17FN2O4S/c1-2-30-23(29)18-16(13-7-4-3-5-8-13)12-31-22(18)26-21(28)15-11-25-19-14(20(15)27)9-6-10-17(19)24/h3-12H,2H2,1H3,(H,25,27)(H,26,28). The third-order valence-electron chi connectivity index (χ3n) is 4.69. The molecule has 2 aromatic heterocycles. The van der Waals surface area contributed by atoms with Gasteiger partial charge in [0.15, 0.2) is 0 Å². The van der Waals surface area contributed by atoms with E-state index in [-0.39, 0.29) is 33.6 Å². The van der Waals surface area contributed by atoms with E-state index in [0.717, 1.165) is 16.9 Å². The van der Waals surface area contributed by atoms with E-state index in [1.165, 1.54) is 24.4 Å². The Morgan fingerprint density at radius 3 is 2.65 bits per heavy atom. The normalized spacial score (nSPS) is 10.8. The number of halogens is 1. The molecule has 0 fully saturated rings. The Balaban J connectivity index is 1.74. The van der Waals surface area contributed by atoms with Crippen LogP contribution >= 0.6 is 11.3 Å². The Kier molecular flexibility index (Phi) is 5.64. The van der Waals surface area contributed by atoms with Crippen LogP contribution < -0.4 is 10.7 Å². The molecule has 31 heavy (non-hydrogen) atoms. The lowest BCUT2D eigenvalue weighted by Gasteiger charge is -2.09. The van der Waals surface area contributed by atoms with Gasteiger partial charge in [-0.3, -0.25) is 9.59 Å². The van der Waals surface area contributed by atoms with Crippen molar-refractivity contribution in [3.8, 4) is 11.1 Å². The molecule has 0 saturated carbocycles. The number of carbonyl (C=O) groups is 2. The number of H-pyrrole nitrogens is 1. The molecule has 2 heterocycles. The molecule has 0 radical (unpaired) electrons. The SMILES string of the molecule is CCOC(=O)c1c(-c2ccccc2)csc1NC(=O)c1c[nH]c2c(F)cccc2c1=O. The van der Waals surface area contributed by atoms with Crippen molar-refractivity contribution >= 4 is 39.1 Å². The van der Waals surface area contributed by atoms with Gasteiger partial charge in [0.2, 0.25) is 5.43 Å². The first-order valence-electron chi connectivity index (χ1n) is 9.46. The highest BCUT2D eigenvalue weighted by atomic mass is 32.1. The quantitative estimate of drug-likeness (QED) is 0.439. The van der Waals surface area contributed by atoms with Crippen molar-refractivity contribution in [1.29, 1.82) is 0 Å². The molecule has 2 aromatic carbocycles. The van der Waals surface area contributed by atoms with Crippen LogP contribution in [0.25, 0.3) is 22.0 Å². The fourth-order valence-corrected chi connectivity index (χ4v) is 4.19. The van der Waals surface area contributed by atoms with Gasteiger partial charge in [0.1, 0.15) is 21.9 Å². The number of aromatic amines is 1. The van der Waals surface area contributed by atoms with E-state index in [1.54, 1.807) is 12.3 Å². The molecule has 2 N–H and O–H groups in total. The first-order chi connectivity index (χ1) is 15.0. The molecule has 0 bridgehead atoms. The monoisotopic (exact) mass is 436 g/mol. The number of nitrogens with one attached hydrogen (secondary N) is 2. The Morgan fingerprint density at radius 2 is 1.90 bits per heavy atom. The second-order valence-electron chi connectivity index (χ2n) is 6.59. The summed E-state index contributed by atoms with van der Waals surface area (Å²) in [7, 11) is 0. The maximum absolute atomic E-state index is 13.9. The summed E-state index contributed by atoms with van der Waals surface area (Å²) in [5.41, 5.74) is 0.856. The highest BCUT2D eigenvalue weighted by Gasteiger charge is 2.24. The summed E-state index contributed by atoms with van der Waals surface area (Å²) in [6, 6.07) is 13.3. The minimum Gasteiger partial charge on any atom is -0.462 e. The topological polar surface area (TPSA) is 88.3 Å². The summed E-state index contributed by atoms with van der Waals surface area (Å²) in [5, 5.41) is 4.72. The van der Waals surface area contributed by atoms with E-state index in [9.17, 15) is 18.8 Å². The minimum atomic E-state index is -0.709. The van der Waals surface area contributed by atoms with E-state index in [4.69, 9.17) is 4.74 Å². The van der Waals surface area contributed by atoms with Crippen molar-refractivity contribution in [2.24, 2.45) is 0 Å². The van der Waals surface area contributed by atoms with Crippen molar-refractivity contribution < 1.29 is 18.7 Å². The number of benzene rings is 2. The first-order valence-corrected chi connectivity index (χ1v) is 10.3. The molecule has 156 valence electrons. The van der Waals surface area contributed by atoms with Gasteiger partial charge in [-0.15, -0.1) is 11.3 Å². The van der Waals surface area contributed by atoms with Crippen LogP contribution in [0, 0.1) is 5.82 Å². The van der Waals surface area contributed by atoms with Crippen LogP contribution in [-0.2, 0) is 4.74 Å². The summed E-state index contributed by atoms with van der Waals surface area (Å²) in [6.45, 7) is 1.87. The minimum absolute atomic E-state index is 0.0266. The molecule has 4 rings (SSSR count). The van der Waals surface area contributed by atoms with Gasteiger partial charge in [-0.25, -0.2) is 9.18 Å². The number of fused-ring (bicyclic) bond motifs is 1. The van der Waals surface area contributed by atoms with Gasteiger partial charge in [0.25, 0.3) is 5.91 Å². The van der Waals surface area contributed by atoms with Crippen molar-refractivity contribution in [2.45, 2.75) is 6.92 Å². The van der Waals surface area contributed by atoms with Crippen LogP contribution in [0.15, 0.2) is 64.9 Å². The summed E-state index contributed by atoms with van der Waals surface area (Å²) >= 11 is 1.16. The zero-order valence-corrected chi connectivity index (χ0v) is 17.2. The van der Waals surface area contributed by atoms with Gasteiger partial charge < -0.3 is 15.0 Å². The number of aromatic nitrogens is 1. The third-order valence-corrected chi connectivity index (χ3v) is 5.59. The second kappa shape index (κ2) is 8.53. The Hall–Kier alpha value is -3.78. The van der Waals surface area contributed by atoms with Gasteiger partial charge in [-0.2, -0.15) is 0 Å². The number of esters is 1. The second-order valence-corrected chi connectivity index (χ2v) is 7.47. The van der Waals surface area contributed by atoms with Crippen molar-refractivity contribution in [2.75, 3.05) is 11.9 Å². The van der Waals surface area contributed by atoms with Crippen molar-refractivity contribution in [1.82, 2.24) is 4.98 Å². The maximum Gasteiger partial charge on any atom is 0.341 e. The van der Waals surface area contributed by atoms with Crippen LogP contribution in [0.2, 0.25) is 0 Å². The maximum atomic E-state index is 13.9. The molecule has 6 nitrogen and oxygen atoms in total. The summed E-state index contributed by atoms with van der Waals surface area (Å²) in [5.74, 6) is -1.87. The number of pyridine rings is 1. The first kappa shape index (κ1) is 20.5. The van der Waals surface area contributed by atoms with E-state index in [0.29, 0.717) is 5.56 Å². The molecule has 0 aliphatic rings. The van der Waals surface area contributed by atoms with Crippen molar-refractivity contribution in [3.05, 3.63) is 87.3 Å². The predicted molar refractivity (Wildman–Crippen MR) is 118 cm³/mol. The molecule has 1 amide bonds. The molecule has 0 aliphatic heterocycles. The number of thiophene rings is 1. The Labute approximate surface area is 180 Å². The number of rotatable bonds is 5. The number of ether oxygens (including phenoxy) is 1. The van der Waals surface area contributed by atoms with Crippen LogP contribution in [0.4, 0.5) is 9.39 Å². The van der Waals surface area contributed by atoms with Gasteiger partial charge in [0, 0.05) is 22.5 Å². The summed E-state index contributed by atoms with van der Waals surface area (Å²) in [4.78, 5) is 40.9. The van der Waals surface area contributed by atoms with Crippen molar-refractivity contribution in [3.63, 3.8) is 0 Å². The van der Waals surface area contributed by atoms with Gasteiger partial charge >= 0.3 is 5.97 Å². The molecule has 0 atom stereocenters. The zero-order chi connectivity index (χ0) is 22.0. The average molecular weight is 436 g/mol. The number of anilines is 1. The molecule has 0 unspecified atom stereocenters. The lowest BCUT2D eigenvalue weighted by molar-refractivity contribution is 0.0529. The van der Waals surface area contributed by atoms with Crippen LogP contribution in [0.1, 0.15) is 27.6 Å². The van der Waals surface area contributed by atoms with E-state index >= 15 is 0 Å². The van der Waals surface area contributed by atoms with Gasteiger partial charge in [-0.05, 0) is 24.6 Å². The average Bonchev–Trinajstić information content (AvgIpc) is 3.19. The number of para-hydroxylation sites is 1. The number of hydrogen-bond acceptors (Lipinski definition) is 5. The molecule has 0 spiro atoms. The third kappa shape index (κ3) is 3.85. The fraction of sp³-hybridized carbons (Fsp3) is 0.0870. The number of hydrogen-bond donors (Lipinski definition) is 2. The predicted octanol–water partition coefficient (Wildman–Crippen LogP) is 4.82. The fourth-order valence-electron chi connectivity index (χ4n) is 3.24.